The Labute approximate surface area is 83.0 Å². The van der Waals surface area contributed by atoms with Crippen LogP contribution in [-0.4, -0.2) is 4.75 Å². The number of hydrogen-bond donors (Lipinski definition) is 0. The van der Waals surface area contributed by atoms with Gasteiger partial charge in [-0.2, -0.15) is 0 Å². The molecule has 0 aromatic heterocycles. The maximum Gasteiger partial charge on any atom is 0.103 e. The van der Waals surface area contributed by atoms with Crippen molar-refractivity contribution in [2.75, 3.05) is 0 Å². The number of benzene rings is 1. The number of thioether (sulfide) groups is 1. The smallest absolute Gasteiger partial charge is 0.103 e. The number of fused-ring (bicyclic) bond motifs is 1. The third kappa shape index (κ3) is 1.10. The van der Waals surface area contributed by atoms with E-state index in [2.05, 4.69) is 24.6 Å². The van der Waals surface area contributed by atoms with Crippen LogP contribution in [0.2, 0.25) is 0 Å². The molecule has 0 aliphatic carbocycles. The van der Waals surface area contributed by atoms with E-state index in [9.17, 15) is 0 Å². The maximum atomic E-state index is 5.51. The van der Waals surface area contributed by atoms with Crippen LogP contribution in [0.4, 0.5) is 0 Å². The van der Waals surface area contributed by atoms with Gasteiger partial charge in [0.15, 0.2) is 0 Å². The van der Waals surface area contributed by atoms with E-state index in [1.165, 1.54) is 10.5 Å². The molecule has 1 aliphatic heterocycles. The van der Waals surface area contributed by atoms with Crippen LogP contribution >= 0.6 is 11.8 Å². The molecule has 0 saturated heterocycles. The van der Waals surface area contributed by atoms with Gasteiger partial charge in [-0.3, -0.25) is 0 Å². The van der Waals surface area contributed by atoms with E-state index in [-0.39, 0.29) is 4.75 Å². The Bertz CT molecular complexity index is 411. The molecule has 0 fully saturated rings. The van der Waals surface area contributed by atoms with Gasteiger partial charge in [0.1, 0.15) is 4.75 Å². The van der Waals surface area contributed by atoms with Gasteiger partial charge < -0.3 is 0 Å². The highest BCUT2D eigenvalue weighted by Gasteiger charge is 2.35. The summed E-state index contributed by atoms with van der Waals surface area (Å²) in [6, 6.07) is 8.22. The lowest BCUT2D eigenvalue weighted by Gasteiger charge is -2.15. The molecule has 0 saturated carbocycles. The molecular weight excluding hydrogens is 176 g/mol. The molecule has 1 heteroatoms. The zero-order valence-electron chi connectivity index (χ0n) is 7.50. The van der Waals surface area contributed by atoms with Crippen molar-refractivity contribution in [3.05, 3.63) is 36.4 Å². The molecule has 0 N–H and O–H groups in total. The van der Waals surface area contributed by atoms with Crippen LogP contribution in [0.5, 0.6) is 0 Å². The van der Waals surface area contributed by atoms with Gasteiger partial charge in [-0.15, -0.1) is 18.2 Å². The SMILES string of the molecule is C#CC1(C)Sc2ccccc2C1=C. The average Bonchev–Trinajstić information content (AvgIpc) is 2.41. The zero-order chi connectivity index (χ0) is 9.47. The molecule has 0 nitrogen and oxygen atoms in total. The Morgan fingerprint density at radius 2 is 2.15 bits per heavy atom. The van der Waals surface area contributed by atoms with Crippen LogP contribution in [0.1, 0.15) is 12.5 Å². The predicted octanol–water partition coefficient (Wildman–Crippen LogP) is 3.20. The molecule has 0 bridgehead atoms. The normalized spacial score (nSPS) is 25.4. The van der Waals surface area contributed by atoms with E-state index in [0.29, 0.717) is 0 Å². The number of terminal acetylenes is 1. The highest BCUT2D eigenvalue weighted by molar-refractivity contribution is 8.01. The summed E-state index contributed by atoms with van der Waals surface area (Å²) in [6.45, 7) is 6.10. The van der Waals surface area contributed by atoms with Gasteiger partial charge in [-0.25, -0.2) is 0 Å². The van der Waals surface area contributed by atoms with Crippen LogP contribution in [0, 0.1) is 12.3 Å². The molecule has 64 valence electrons. The lowest BCUT2D eigenvalue weighted by Crippen LogP contribution is -2.13. The molecule has 13 heavy (non-hydrogen) atoms. The fourth-order valence-corrected chi connectivity index (χ4v) is 2.64. The number of rotatable bonds is 0. The average molecular weight is 186 g/mol. The third-order valence-corrected chi connectivity index (χ3v) is 3.73. The second kappa shape index (κ2) is 2.68. The van der Waals surface area contributed by atoms with Crippen molar-refractivity contribution in [2.45, 2.75) is 16.6 Å². The molecule has 2 rings (SSSR count). The van der Waals surface area contributed by atoms with Gasteiger partial charge in [-0.05, 0) is 24.1 Å². The summed E-state index contributed by atoms with van der Waals surface area (Å²) in [6.07, 6.45) is 5.51. The summed E-state index contributed by atoms with van der Waals surface area (Å²) in [4.78, 5) is 1.24. The van der Waals surface area contributed by atoms with Crippen LogP contribution in [0.15, 0.2) is 35.7 Å². The summed E-state index contributed by atoms with van der Waals surface area (Å²) in [7, 11) is 0. The molecule has 0 spiro atoms. The highest BCUT2D eigenvalue weighted by Crippen LogP contribution is 2.51. The fourth-order valence-electron chi connectivity index (χ4n) is 1.46. The molecule has 1 aromatic rings. The third-order valence-electron chi connectivity index (χ3n) is 2.38. The zero-order valence-corrected chi connectivity index (χ0v) is 8.32. The monoisotopic (exact) mass is 186 g/mol. The van der Waals surface area contributed by atoms with E-state index in [1.54, 1.807) is 11.8 Å². The van der Waals surface area contributed by atoms with Crippen molar-refractivity contribution in [2.24, 2.45) is 0 Å². The minimum absolute atomic E-state index is 0.246. The Morgan fingerprint density at radius 1 is 1.46 bits per heavy atom. The Hall–Kier alpha value is -1.13. The minimum atomic E-state index is -0.246. The Morgan fingerprint density at radius 3 is 2.77 bits per heavy atom. The van der Waals surface area contributed by atoms with Crippen molar-refractivity contribution in [3.8, 4) is 12.3 Å². The van der Waals surface area contributed by atoms with E-state index in [4.69, 9.17) is 6.42 Å². The molecular formula is C12H10S. The number of hydrogen-bond acceptors (Lipinski definition) is 1. The van der Waals surface area contributed by atoms with Gasteiger partial charge in [0.05, 0.1) is 0 Å². The van der Waals surface area contributed by atoms with Crippen LogP contribution in [0.3, 0.4) is 0 Å². The van der Waals surface area contributed by atoms with E-state index < -0.39 is 0 Å². The molecule has 1 heterocycles. The summed E-state index contributed by atoms with van der Waals surface area (Å²) < 4.78 is -0.246. The van der Waals surface area contributed by atoms with Crippen LogP contribution < -0.4 is 0 Å². The van der Waals surface area contributed by atoms with Gasteiger partial charge in [0.2, 0.25) is 0 Å². The van der Waals surface area contributed by atoms with Gasteiger partial charge in [0, 0.05) is 4.90 Å². The van der Waals surface area contributed by atoms with Gasteiger partial charge >= 0.3 is 0 Å². The first kappa shape index (κ1) is 8.47. The summed E-state index contributed by atoms with van der Waals surface area (Å²) >= 11 is 1.71. The molecule has 1 aromatic carbocycles. The lowest BCUT2D eigenvalue weighted by atomic mass is 9.96. The summed E-state index contributed by atoms with van der Waals surface area (Å²) in [5.74, 6) is 2.80. The fraction of sp³-hybridized carbons (Fsp3) is 0.167. The topological polar surface area (TPSA) is 0 Å². The van der Waals surface area contributed by atoms with Crippen molar-refractivity contribution >= 4 is 17.3 Å². The van der Waals surface area contributed by atoms with Gasteiger partial charge in [0.25, 0.3) is 0 Å². The highest BCUT2D eigenvalue weighted by atomic mass is 32.2. The quantitative estimate of drug-likeness (QED) is 0.561. The minimum Gasteiger partial charge on any atom is -0.118 e. The van der Waals surface area contributed by atoms with E-state index in [0.717, 1.165) is 5.57 Å². The largest absolute Gasteiger partial charge is 0.118 e. The predicted molar refractivity (Wildman–Crippen MR) is 58.6 cm³/mol. The standard InChI is InChI=1S/C12H10S/c1-4-12(3)9(2)10-7-5-6-8-11(10)13-12/h1,5-8H,2H2,3H3. The Balaban J connectivity index is 2.57. The van der Waals surface area contributed by atoms with Crippen LogP contribution in [-0.2, 0) is 0 Å². The second-order valence-electron chi connectivity index (χ2n) is 3.25. The van der Waals surface area contributed by atoms with Crippen molar-refractivity contribution in [1.82, 2.24) is 0 Å². The molecule has 0 amide bonds. The van der Waals surface area contributed by atoms with E-state index in [1.807, 2.05) is 19.1 Å². The van der Waals surface area contributed by atoms with Crippen molar-refractivity contribution in [1.29, 1.82) is 0 Å². The maximum absolute atomic E-state index is 5.51. The van der Waals surface area contributed by atoms with Crippen LogP contribution in [0.25, 0.3) is 5.57 Å². The summed E-state index contributed by atoms with van der Waals surface area (Å²) in [5, 5.41) is 0. The first-order chi connectivity index (χ1) is 6.17. The molecule has 1 unspecified atom stereocenters. The van der Waals surface area contributed by atoms with E-state index >= 15 is 0 Å². The molecule has 1 atom stereocenters. The Kier molecular flexibility index (Phi) is 1.75. The molecule has 0 radical (unpaired) electrons. The summed E-state index contributed by atoms with van der Waals surface area (Å²) in [5.41, 5.74) is 2.25. The molecule has 1 aliphatic rings. The lowest BCUT2D eigenvalue weighted by molar-refractivity contribution is 1.10. The first-order valence-electron chi connectivity index (χ1n) is 4.13. The van der Waals surface area contributed by atoms with Gasteiger partial charge in [-0.1, -0.05) is 30.7 Å². The van der Waals surface area contributed by atoms with Crippen molar-refractivity contribution < 1.29 is 0 Å². The first-order valence-corrected chi connectivity index (χ1v) is 4.94. The second-order valence-corrected chi connectivity index (χ2v) is 4.71. The van der Waals surface area contributed by atoms with Crippen molar-refractivity contribution in [3.63, 3.8) is 0 Å².